The summed E-state index contributed by atoms with van der Waals surface area (Å²) in [7, 11) is 0. The molecule has 2 unspecified atom stereocenters. The van der Waals surface area contributed by atoms with E-state index in [0.29, 0.717) is 11.8 Å². The van der Waals surface area contributed by atoms with Crippen LogP contribution in [0.1, 0.15) is 19.3 Å². The molecule has 2 atom stereocenters. The highest BCUT2D eigenvalue weighted by molar-refractivity contribution is 5.83. The van der Waals surface area contributed by atoms with E-state index in [9.17, 15) is 4.39 Å². The molecule has 1 N–H and O–H groups in total. The predicted molar refractivity (Wildman–Crippen MR) is 82.5 cm³/mol. The minimum absolute atomic E-state index is 0.00259. The molecule has 5 nitrogen and oxygen atoms in total. The van der Waals surface area contributed by atoms with Crippen molar-refractivity contribution in [1.82, 2.24) is 9.97 Å². The van der Waals surface area contributed by atoms with Gasteiger partial charge in [-0.1, -0.05) is 24.3 Å². The van der Waals surface area contributed by atoms with E-state index in [4.69, 9.17) is 0 Å². The van der Waals surface area contributed by atoms with Crippen LogP contribution in [0.3, 0.4) is 0 Å². The summed E-state index contributed by atoms with van der Waals surface area (Å²) in [4.78, 5) is 14.7. The Morgan fingerprint density at radius 1 is 1.23 bits per heavy atom. The van der Waals surface area contributed by atoms with Crippen LogP contribution in [0.2, 0.25) is 0 Å². The average Bonchev–Trinajstić information content (AvgIpc) is 2.87. The van der Waals surface area contributed by atoms with Crippen molar-refractivity contribution in [2.75, 3.05) is 10.2 Å². The number of aliphatic imine (C=N–C) groups is 1. The first-order chi connectivity index (χ1) is 10.7. The Bertz CT molecular complexity index is 708. The Morgan fingerprint density at radius 3 is 2.82 bits per heavy atom. The molecule has 0 radical (unpaired) electrons. The topological polar surface area (TPSA) is 53.4 Å². The molecule has 1 aromatic heterocycles. The van der Waals surface area contributed by atoms with Gasteiger partial charge in [-0.2, -0.15) is 4.98 Å². The fourth-order valence-corrected chi connectivity index (χ4v) is 3.87. The number of anilines is 2. The van der Waals surface area contributed by atoms with E-state index in [1.165, 1.54) is 25.5 Å². The Labute approximate surface area is 127 Å². The lowest BCUT2D eigenvalue weighted by atomic mass is 9.50. The maximum Gasteiger partial charge on any atom is 0.225 e. The van der Waals surface area contributed by atoms with Gasteiger partial charge >= 0.3 is 0 Å². The molecule has 4 aliphatic carbocycles. The minimum atomic E-state index is -0.418. The number of nitrogens with zero attached hydrogens (tertiary/aromatic N) is 4. The average molecular weight is 297 g/mol. The second kappa shape index (κ2) is 4.15. The fourth-order valence-electron chi connectivity index (χ4n) is 3.87. The van der Waals surface area contributed by atoms with Crippen LogP contribution in [0.25, 0.3) is 0 Å². The van der Waals surface area contributed by atoms with Crippen molar-refractivity contribution in [3.63, 3.8) is 0 Å². The monoisotopic (exact) mass is 297 g/mol. The highest BCUT2D eigenvalue weighted by atomic mass is 19.1. The molecule has 0 spiro atoms. The van der Waals surface area contributed by atoms with Crippen LogP contribution < -0.4 is 10.2 Å². The number of halogens is 1. The Morgan fingerprint density at radius 2 is 2.05 bits per heavy atom. The summed E-state index contributed by atoms with van der Waals surface area (Å²) < 4.78 is 14.2. The maximum absolute atomic E-state index is 14.2. The van der Waals surface area contributed by atoms with Crippen LogP contribution in [-0.4, -0.2) is 33.9 Å². The van der Waals surface area contributed by atoms with E-state index in [-0.39, 0.29) is 17.6 Å². The molecule has 112 valence electrons. The van der Waals surface area contributed by atoms with Gasteiger partial charge in [0.25, 0.3) is 0 Å². The van der Waals surface area contributed by atoms with Gasteiger partial charge in [0.1, 0.15) is 0 Å². The van der Waals surface area contributed by atoms with Gasteiger partial charge in [-0.05, 0) is 25.2 Å². The van der Waals surface area contributed by atoms with Crippen molar-refractivity contribution in [3.8, 4) is 0 Å². The van der Waals surface area contributed by atoms with Gasteiger partial charge in [-0.25, -0.2) is 9.37 Å². The number of rotatable bonds is 3. The summed E-state index contributed by atoms with van der Waals surface area (Å²) in [5.41, 5.74) is 0.175. The Balaban J connectivity index is 1.45. The SMILES string of the molecule is Fc1cnc(NC23CC(C2)C3)nc1N1C=NC2C=CC=CC21. The summed E-state index contributed by atoms with van der Waals surface area (Å²) in [5, 5.41) is 3.39. The molecule has 0 amide bonds. The van der Waals surface area contributed by atoms with Crippen LogP contribution in [0.15, 0.2) is 35.5 Å². The maximum atomic E-state index is 14.2. The summed E-state index contributed by atoms with van der Waals surface area (Å²) >= 11 is 0. The molecule has 22 heavy (non-hydrogen) atoms. The van der Waals surface area contributed by atoms with Crippen molar-refractivity contribution in [2.24, 2.45) is 10.9 Å². The molecule has 1 aliphatic heterocycles. The number of hydrogen-bond acceptors (Lipinski definition) is 5. The predicted octanol–water partition coefficient (Wildman–Crippen LogP) is 2.29. The summed E-state index contributed by atoms with van der Waals surface area (Å²) in [6, 6.07) is 0.0330. The number of aromatic nitrogens is 2. The van der Waals surface area contributed by atoms with Crippen molar-refractivity contribution >= 4 is 18.1 Å². The second-order valence-electron chi connectivity index (χ2n) is 6.67. The van der Waals surface area contributed by atoms with Crippen LogP contribution in [0.4, 0.5) is 16.2 Å². The van der Waals surface area contributed by atoms with E-state index in [1.54, 1.807) is 11.2 Å². The zero-order chi connectivity index (χ0) is 14.7. The lowest BCUT2D eigenvalue weighted by Crippen LogP contribution is -2.63. The summed E-state index contributed by atoms with van der Waals surface area (Å²) in [5.74, 6) is 1.26. The third kappa shape index (κ3) is 1.66. The largest absolute Gasteiger partial charge is 0.349 e. The number of nitrogens with one attached hydrogen (secondary N) is 1. The zero-order valence-corrected chi connectivity index (χ0v) is 12.0. The molecule has 2 bridgehead atoms. The standard InChI is InChI=1S/C16H16FN5/c17-11-8-18-15(21-16-5-10(6-16)7-16)20-14(11)22-9-19-12-3-1-2-4-13(12)22/h1-4,8-10,12-13H,5-7H2,(H,18,20,21). The lowest BCUT2D eigenvalue weighted by Gasteiger charge is -2.61. The normalized spacial score (nSPS) is 36.8. The smallest absolute Gasteiger partial charge is 0.225 e. The zero-order valence-electron chi connectivity index (χ0n) is 12.0. The van der Waals surface area contributed by atoms with E-state index in [1.807, 2.05) is 24.3 Å². The molecule has 1 aromatic rings. The molecule has 5 aliphatic rings. The second-order valence-corrected chi connectivity index (χ2v) is 6.67. The van der Waals surface area contributed by atoms with E-state index >= 15 is 0 Å². The minimum Gasteiger partial charge on any atom is -0.349 e. The first-order valence-electron chi connectivity index (χ1n) is 7.70. The molecule has 0 aromatic carbocycles. The first-order valence-corrected chi connectivity index (χ1v) is 7.70. The first kappa shape index (κ1) is 12.3. The highest BCUT2D eigenvalue weighted by Crippen LogP contribution is 2.58. The van der Waals surface area contributed by atoms with Gasteiger partial charge < -0.3 is 10.2 Å². The molecule has 2 heterocycles. The molecule has 6 heteroatoms. The van der Waals surface area contributed by atoms with Crippen molar-refractivity contribution < 1.29 is 4.39 Å². The van der Waals surface area contributed by atoms with Crippen LogP contribution in [0, 0.1) is 11.7 Å². The summed E-state index contributed by atoms with van der Waals surface area (Å²) in [6.07, 6.45) is 14.4. The van der Waals surface area contributed by atoms with Crippen molar-refractivity contribution in [3.05, 3.63) is 36.3 Å². The lowest BCUT2D eigenvalue weighted by molar-refractivity contribution is 0.00145. The van der Waals surface area contributed by atoms with Gasteiger partial charge in [0, 0.05) is 5.54 Å². The highest BCUT2D eigenvalue weighted by Gasteiger charge is 2.57. The Hall–Kier alpha value is -2.24. The van der Waals surface area contributed by atoms with Crippen molar-refractivity contribution in [1.29, 1.82) is 0 Å². The molecule has 3 fully saturated rings. The number of allylic oxidation sites excluding steroid dienone is 2. The third-order valence-electron chi connectivity index (χ3n) is 5.15. The van der Waals surface area contributed by atoms with E-state index in [2.05, 4.69) is 20.3 Å². The number of hydrogen-bond donors (Lipinski definition) is 1. The van der Waals surface area contributed by atoms with Crippen LogP contribution in [0.5, 0.6) is 0 Å². The van der Waals surface area contributed by atoms with Crippen LogP contribution in [-0.2, 0) is 0 Å². The van der Waals surface area contributed by atoms with Gasteiger partial charge in [-0.3, -0.25) is 4.99 Å². The Kier molecular flexibility index (Phi) is 2.32. The van der Waals surface area contributed by atoms with Gasteiger partial charge in [-0.15, -0.1) is 0 Å². The molecule has 3 saturated carbocycles. The van der Waals surface area contributed by atoms with Gasteiger partial charge in [0.15, 0.2) is 11.6 Å². The van der Waals surface area contributed by atoms with Gasteiger partial charge in [0.05, 0.1) is 24.6 Å². The fraction of sp³-hybridized carbons (Fsp3) is 0.438. The van der Waals surface area contributed by atoms with E-state index in [0.717, 1.165) is 5.92 Å². The molecular weight excluding hydrogens is 281 g/mol. The third-order valence-corrected chi connectivity index (χ3v) is 5.15. The molecule has 6 rings (SSSR count). The number of fused-ring (bicyclic) bond motifs is 1. The summed E-state index contributed by atoms with van der Waals surface area (Å²) in [6.45, 7) is 0. The quantitative estimate of drug-likeness (QED) is 0.930. The van der Waals surface area contributed by atoms with Crippen LogP contribution >= 0.6 is 0 Å². The van der Waals surface area contributed by atoms with Crippen molar-refractivity contribution in [2.45, 2.75) is 36.9 Å². The van der Waals surface area contributed by atoms with Gasteiger partial charge in [0.2, 0.25) is 5.95 Å². The molecule has 0 saturated heterocycles. The molecular formula is C16H16FN5. The van der Waals surface area contributed by atoms with E-state index < -0.39 is 5.82 Å².